The van der Waals surface area contributed by atoms with Crippen molar-refractivity contribution in [2.75, 3.05) is 11.9 Å². The van der Waals surface area contributed by atoms with Crippen LogP contribution in [0.4, 0.5) is 10.1 Å². The second-order valence-corrected chi connectivity index (χ2v) is 5.04. The van der Waals surface area contributed by atoms with Crippen LogP contribution in [0, 0.1) is 5.82 Å². The lowest BCUT2D eigenvalue weighted by atomic mass is 10.2. The van der Waals surface area contributed by atoms with E-state index in [4.69, 9.17) is 22.1 Å². The van der Waals surface area contributed by atoms with Crippen molar-refractivity contribution < 1.29 is 18.7 Å². The largest absolute Gasteiger partial charge is 0.490 e. The second kappa shape index (κ2) is 7.60. The molecule has 2 aromatic rings. The normalized spacial score (nSPS) is 10.2. The molecule has 3 N–H and O–H groups in total. The summed E-state index contributed by atoms with van der Waals surface area (Å²) in [6.07, 6.45) is 0.0313. The number of rotatable bonds is 6. The summed E-state index contributed by atoms with van der Waals surface area (Å²) < 4.78 is 18.5. The number of primary amides is 1. The molecule has 0 aliphatic carbocycles. The van der Waals surface area contributed by atoms with Crippen molar-refractivity contribution in [1.82, 2.24) is 0 Å². The standard InChI is InChI=1S/C16H14ClFN2O3/c17-12-9-10(5-6-11(12)16(19)22)20-15(21)7-8-23-14-4-2-1-3-13(14)18/h1-6,9H,7-8H2,(H2,19,22)(H,20,21). The lowest BCUT2D eigenvalue weighted by molar-refractivity contribution is -0.116. The molecule has 23 heavy (non-hydrogen) atoms. The van der Waals surface area contributed by atoms with Gasteiger partial charge in [-0.05, 0) is 30.3 Å². The quantitative estimate of drug-likeness (QED) is 0.850. The fraction of sp³-hybridized carbons (Fsp3) is 0.125. The van der Waals surface area contributed by atoms with Crippen LogP contribution in [0.25, 0.3) is 0 Å². The highest BCUT2D eigenvalue weighted by Crippen LogP contribution is 2.21. The first kappa shape index (κ1) is 16.8. The van der Waals surface area contributed by atoms with Gasteiger partial charge in [0.15, 0.2) is 11.6 Å². The third kappa shape index (κ3) is 4.69. The van der Waals surface area contributed by atoms with Gasteiger partial charge in [0.05, 0.1) is 23.6 Å². The average Bonchev–Trinajstić information content (AvgIpc) is 2.49. The van der Waals surface area contributed by atoms with Crippen LogP contribution in [0.3, 0.4) is 0 Å². The molecule has 7 heteroatoms. The number of halogens is 2. The first-order valence-electron chi connectivity index (χ1n) is 6.74. The van der Waals surface area contributed by atoms with E-state index in [0.717, 1.165) is 0 Å². The SMILES string of the molecule is NC(=O)c1ccc(NC(=O)CCOc2ccccc2F)cc1Cl. The van der Waals surface area contributed by atoms with E-state index in [1.54, 1.807) is 12.1 Å². The molecule has 0 heterocycles. The number of hydrogen-bond donors (Lipinski definition) is 2. The Labute approximate surface area is 137 Å². The third-order valence-electron chi connectivity index (χ3n) is 2.94. The van der Waals surface area contributed by atoms with Crippen molar-refractivity contribution in [3.63, 3.8) is 0 Å². The molecule has 0 saturated carbocycles. The van der Waals surface area contributed by atoms with Gasteiger partial charge in [-0.3, -0.25) is 9.59 Å². The molecule has 0 bridgehead atoms. The van der Waals surface area contributed by atoms with Crippen LogP contribution in [-0.4, -0.2) is 18.4 Å². The van der Waals surface area contributed by atoms with Gasteiger partial charge in [-0.15, -0.1) is 0 Å². The van der Waals surface area contributed by atoms with Crippen molar-refractivity contribution in [3.05, 3.63) is 58.9 Å². The maximum Gasteiger partial charge on any atom is 0.250 e. The summed E-state index contributed by atoms with van der Waals surface area (Å²) in [5.74, 6) is -1.37. The van der Waals surface area contributed by atoms with Crippen LogP contribution in [0.5, 0.6) is 5.75 Å². The first-order chi connectivity index (χ1) is 11.0. The van der Waals surface area contributed by atoms with E-state index >= 15 is 0 Å². The van der Waals surface area contributed by atoms with Gasteiger partial charge in [0.25, 0.3) is 0 Å². The lowest BCUT2D eigenvalue weighted by Crippen LogP contribution is -2.16. The molecule has 0 unspecified atom stereocenters. The van der Waals surface area contributed by atoms with Gasteiger partial charge in [-0.1, -0.05) is 23.7 Å². The van der Waals surface area contributed by atoms with Gasteiger partial charge in [0.2, 0.25) is 11.8 Å². The number of carbonyl (C=O) groups is 2. The summed E-state index contributed by atoms with van der Waals surface area (Å²) in [5.41, 5.74) is 5.74. The van der Waals surface area contributed by atoms with Crippen molar-refractivity contribution in [2.24, 2.45) is 5.73 Å². The van der Waals surface area contributed by atoms with Gasteiger partial charge >= 0.3 is 0 Å². The highest BCUT2D eigenvalue weighted by atomic mass is 35.5. The van der Waals surface area contributed by atoms with Crippen LogP contribution >= 0.6 is 11.6 Å². The zero-order chi connectivity index (χ0) is 16.8. The zero-order valence-electron chi connectivity index (χ0n) is 12.0. The Hall–Kier alpha value is -2.60. The molecular formula is C16H14ClFN2O3. The summed E-state index contributed by atoms with van der Waals surface area (Å²) in [7, 11) is 0. The minimum atomic E-state index is -0.647. The maximum absolute atomic E-state index is 13.3. The first-order valence-corrected chi connectivity index (χ1v) is 7.11. The highest BCUT2D eigenvalue weighted by molar-refractivity contribution is 6.34. The maximum atomic E-state index is 13.3. The molecule has 0 fully saturated rings. The van der Waals surface area contributed by atoms with Crippen LogP contribution in [0.15, 0.2) is 42.5 Å². The highest BCUT2D eigenvalue weighted by Gasteiger charge is 2.09. The van der Waals surface area contributed by atoms with E-state index in [0.29, 0.717) is 5.69 Å². The Morgan fingerprint density at radius 2 is 1.96 bits per heavy atom. The Balaban J connectivity index is 1.86. The molecule has 2 rings (SSSR count). The molecule has 0 radical (unpaired) electrons. The van der Waals surface area contributed by atoms with Gasteiger partial charge in [-0.2, -0.15) is 0 Å². The Kier molecular flexibility index (Phi) is 5.54. The number of carbonyl (C=O) groups excluding carboxylic acids is 2. The summed E-state index contributed by atoms with van der Waals surface area (Å²) >= 11 is 5.89. The van der Waals surface area contributed by atoms with Gasteiger partial charge in [0.1, 0.15) is 0 Å². The fourth-order valence-electron chi connectivity index (χ4n) is 1.83. The van der Waals surface area contributed by atoms with E-state index in [1.165, 1.54) is 30.3 Å². The van der Waals surface area contributed by atoms with Crippen molar-refractivity contribution in [1.29, 1.82) is 0 Å². The minimum absolute atomic E-state index is 0.0276. The van der Waals surface area contributed by atoms with Crippen molar-refractivity contribution in [2.45, 2.75) is 6.42 Å². The van der Waals surface area contributed by atoms with Crippen LogP contribution in [0.1, 0.15) is 16.8 Å². The number of hydrogen-bond acceptors (Lipinski definition) is 3. The molecule has 0 aromatic heterocycles. The van der Waals surface area contributed by atoms with E-state index in [9.17, 15) is 14.0 Å². The summed E-state index contributed by atoms with van der Waals surface area (Å²) in [5, 5.41) is 2.75. The molecule has 0 atom stereocenters. The van der Waals surface area contributed by atoms with Gasteiger partial charge in [-0.25, -0.2) is 4.39 Å². The fourth-order valence-corrected chi connectivity index (χ4v) is 2.11. The molecule has 0 aliphatic heterocycles. The number of benzene rings is 2. The van der Waals surface area contributed by atoms with Gasteiger partial charge in [0, 0.05) is 5.69 Å². The number of nitrogens with one attached hydrogen (secondary N) is 1. The van der Waals surface area contributed by atoms with E-state index in [1.807, 2.05) is 0 Å². The summed E-state index contributed by atoms with van der Waals surface area (Å²) in [6.45, 7) is 0.0276. The topological polar surface area (TPSA) is 81.4 Å². The zero-order valence-corrected chi connectivity index (χ0v) is 12.8. The minimum Gasteiger partial charge on any atom is -0.490 e. The summed E-state index contributed by atoms with van der Waals surface area (Å²) in [6, 6.07) is 10.3. The van der Waals surface area contributed by atoms with Crippen LogP contribution in [-0.2, 0) is 4.79 Å². The van der Waals surface area contributed by atoms with Crippen LogP contribution < -0.4 is 15.8 Å². The molecule has 2 amide bonds. The lowest BCUT2D eigenvalue weighted by Gasteiger charge is -2.09. The molecular weight excluding hydrogens is 323 g/mol. The number of amides is 2. The third-order valence-corrected chi connectivity index (χ3v) is 3.25. The molecule has 0 spiro atoms. The molecule has 0 saturated heterocycles. The molecule has 2 aromatic carbocycles. The predicted molar refractivity (Wildman–Crippen MR) is 85.1 cm³/mol. The number of ether oxygens (including phenoxy) is 1. The van der Waals surface area contributed by atoms with Crippen LogP contribution in [0.2, 0.25) is 5.02 Å². The summed E-state index contributed by atoms with van der Waals surface area (Å²) in [4.78, 5) is 22.9. The predicted octanol–water partition coefficient (Wildman–Crippen LogP) is 2.99. The van der Waals surface area contributed by atoms with Crippen molar-refractivity contribution in [3.8, 4) is 5.75 Å². The number of nitrogens with two attached hydrogens (primary N) is 1. The van der Waals surface area contributed by atoms with Gasteiger partial charge < -0.3 is 15.8 Å². The molecule has 0 aliphatic rings. The Bertz CT molecular complexity index is 737. The smallest absolute Gasteiger partial charge is 0.250 e. The number of anilines is 1. The Morgan fingerprint density at radius 1 is 1.22 bits per heavy atom. The average molecular weight is 337 g/mol. The second-order valence-electron chi connectivity index (χ2n) is 4.64. The van der Waals surface area contributed by atoms with Crippen molar-refractivity contribution >= 4 is 29.1 Å². The molecule has 5 nitrogen and oxygen atoms in total. The van der Waals surface area contributed by atoms with E-state index in [2.05, 4.69) is 5.32 Å². The van der Waals surface area contributed by atoms with E-state index < -0.39 is 11.7 Å². The molecule has 120 valence electrons. The number of para-hydroxylation sites is 1. The van der Waals surface area contributed by atoms with E-state index in [-0.39, 0.29) is 35.3 Å². The monoisotopic (exact) mass is 336 g/mol. The Morgan fingerprint density at radius 3 is 2.61 bits per heavy atom.